The standard InChI is InChI=1S/C21H21NS/c1-22-20(23)21(17-11-5-2-6-12-17,18-13-7-3-8-14-18)19-15-9-4-10-16-19/h2-16,20,22-23H,1H3. The van der Waals surface area contributed by atoms with Crippen molar-refractivity contribution < 1.29 is 0 Å². The molecule has 0 fully saturated rings. The van der Waals surface area contributed by atoms with Gasteiger partial charge in [0, 0.05) is 0 Å². The molecule has 2 heteroatoms. The van der Waals surface area contributed by atoms with Crippen molar-refractivity contribution in [2.45, 2.75) is 10.8 Å². The van der Waals surface area contributed by atoms with Gasteiger partial charge in [-0.15, -0.1) is 0 Å². The maximum absolute atomic E-state index is 4.93. The predicted octanol–water partition coefficient (Wildman–Crippen LogP) is 4.50. The van der Waals surface area contributed by atoms with E-state index in [0.717, 1.165) is 0 Å². The zero-order chi connectivity index (χ0) is 16.1. The minimum atomic E-state index is -0.359. The highest BCUT2D eigenvalue weighted by Crippen LogP contribution is 2.43. The molecule has 0 saturated heterocycles. The summed E-state index contributed by atoms with van der Waals surface area (Å²) in [6, 6.07) is 31.8. The van der Waals surface area contributed by atoms with Gasteiger partial charge in [0.2, 0.25) is 0 Å². The molecule has 1 atom stereocenters. The number of hydrogen-bond donors (Lipinski definition) is 2. The third-order valence-electron chi connectivity index (χ3n) is 4.37. The number of nitrogens with one attached hydrogen (secondary N) is 1. The zero-order valence-corrected chi connectivity index (χ0v) is 14.1. The molecule has 0 aliphatic carbocycles. The van der Waals surface area contributed by atoms with Crippen LogP contribution >= 0.6 is 12.6 Å². The average Bonchev–Trinajstić information content (AvgIpc) is 2.65. The van der Waals surface area contributed by atoms with Gasteiger partial charge in [0.05, 0.1) is 10.8 Å². The summed E-state index contributed by atoms with van der Waals surface area (Å²) in [6.07, 6.45) is 0. The van der Waals surface area contributed by atoms with Crippen LogP contribution in [0.15, 0.2) is 91.0 Å². The molecule has 0 aromatic heterocycles. The molecule has 3 aromatic rings. The second-order valence-electron chi connectivity index (χ2n) is 5.60. The molecule has 0 amide bonds. The first-order valence-electron chi connectivity index (χ1n) is 7.82. The number of benzene rings is 3. The van der Waals surface area contributed by atoms with Gasteiger partial charge in [0.1, 0.15) is 0 Å². The summed E-state index contributed by atoms with van der Waals surface area (Å²) >= 11 is 4.93. The van der Waals surface area contributed by atoms with Crippen LogP contribution in [0, 0.1) is 0 Å². The highest BCUT2D eigenvalue weighted by Gasteiger charge is 2.41. The fraction of sp³-hybridized carbons (Fsp3) is 0.143. The summed E-state index contributed by atoms with van der Waals surface area (Å²) in [5, 5.41) is 3.31. The Hall–Kier alpha value is -2.03. The molecule has 0 spiro atoms. The van der Waals surface area contributed by atoms with Gasteiger partial charge in [0.25, 0.3) is 0 Å². The average molecular weight is 319 g/mol. The first-order valence-corrected chi connectivity index (χ1v) is 8.33. The SMILES string of the molecule is CNC(S)C(c1ccccc1)(c1ccccc1)c1ccccc1. The zero-order valence-electron chi connectivity index (χ0n) is 13.2. The van der Waals surface area contributed by atoms with E-state index >= 15 is 0 Å². The Morgan fingerprint density at radius 2 is 0.957 bits per heavy atom. The predicted molar refractivity (Wildman–Crippen MR) is 101 cm³/mol. The van der Waals surface area contributed by atoms with Gasteiger partial charge in [0.15, 0.2) is 0 Å². The molecule has 116 valence electrons. The summed E-state index contributed by atoms with van der Waals surface area (Å²) in [5.41, 5.74) is 3.33. The van der Waals surface area contributed by atoms with Crippen molar-refractivity contribution in [2.24, 2.45) is 0 Å². The van der Waals surface area contributed by atoms with Crippen molar-refractivity contribution in [2.75, 3.05) is 7.05 Å². The van der Waals surface area contributed by atoms with Crippen LogP contribution < -0.4 is 5.32 Å². The van der Waals surface area contributed by atoms with Gasteiger partial charge in [-0.25, -0.2) is 0 Å². The highest BCUT2D eigenvalue weighted by molar-refractivity contribution is 7.81. The molecule has 1 N–H and O–H groups in total. The van der Waals surface area contributed by atoms with Crippen molar-refractivity contribution in [1.82, 2.24) is 5.32 Å². The molecule has 0 aliphatic rings. The molecular weight excluding hydrogens is 298 g/mol. The minimum absolute atomic E-state index is 0.0605. The second kappa shape index (κ2) is 7.03. The Balaban J connectivity index is 2.35. The van der Waals surface area contributed by atoms with Crippen molar-refractivity contribution >= 4 is 12.6 Å². The molecule has 23 heavy (non-hydrogen) atoms. The van der Waals surface area contributed by atoms with Gasteiger partial charge in [-0.05, 0) is 23.7 Å². The van der Waals surface area contributed by atoms with E-state index in [1.165, 1.54) is 16.7 Å². The summed E-state index contributed by atoms with van der Waals surface area (Å²) in [5.74, 6) is 0. The van der Waals surface area contributed by atoms with Gasteiger partial charge in [-0.2, -0.15) is 12.6 Å². The Morgan fingerprint density at radius 3 is 1.22 bits per heavy atom. The van der Waals surface area contributed by atoms with Gasteiger partial charge < -0.3 is 5.32 Å². The molecule has 0 radical (unpaired) electrons. The smallest absolute Gasteiger partial charge is 0.0695 e. The molecule has 3 aromatic carbocycles. The van der Waals surface area contributed by atoms with E-state index in [1.54, 1.807) is 0 Å². The van der Waals surface area contributed by atoms with Crippen molar-refractivity contribution in [1.29, 1.82) is 0 Å². The molecule has 1 nitrogen and oxygen atoms in total. The molecule has 0 bridgehead atoms. The maximum Gasteiger partial charge on any atom is 0.0695 e. The normalized spacial score (nSPS) is 12.8. The van der Waals surface area contributed by atoms with E-state index in [0.29, 0.717) is 0 Å². The maximum atomic E-state index is 4.93. The highest BCUT2D eigenvalue weighted by atomic mass is 32.1. The summed E-state index contributed by atoms with van der Waals surface area (Å²) in [6.45, 7) is 0. The molecule has 0 aliphatic heterocycles. The quantitative estimate of drug-likeness (QED) is 0.401. The van der Waals surface area contributed by atoms with Gasteiger partial charge >= 0.3 is 0 Å². The van der Waals surface area contributed by atoms with Crippen LogP contribution in [0.4, 0.5) is 0 Å². The number of rotatable bonds is 5. The lowest BCUT2D eigenvalue weighted by Crippen LogP contribution is -2.45. The third-order valence-corrected chi connectivity index (χ3v) is 5.02. The summed E-state index contributed by atoms with van der Waals surface area (Å²) in [4.78, 5) is 0. The van der Waals surface area contributed by atoms with Crippen LogP contribution in [0.2, 0.25) is 0 Å². The van der Waals surface area contributed by atoms with Crippen molar-refractivity contribution in [3.8, 4) is 0 Å². The summed E-state index contributed by atoms with van der Waals surface area (Å²) < 4.78 is 0. The van der Waals surface area contributed by atoms with Crippen LogP contribution in [0.25, 0.3) is 0 Å². The third kappa shape index (κ3) is 2.80. The van der Waals surface area contributed by atoms with Crippen LogP contribution in [-0.2, 0) is 5.41 Å². The van der Waals surface area contributed by atoms with E-state index < -0.39 is 0 Å². The second-order valence-corrected chi connectivity index (χ2v) is 6.11. The topological polar surface area (TPSA) is 12.0 Å². The number of hydrogen-bond acceptors (Lipinski definition) is 2. The van der Waals surface area contributed by atoms with Crippen LogP contribution in [0.1, 0.15) is 16.7 Å². The first kappa shape index (κ1) is 15.9. The van der Waals surface area contributed by atoms with E-state index in [1.807, 2.05) is 7.05 Å². The lowest BCUT2D eigenvalue weighted by molar-refractivity contribution is 0.533. The van der Waals surface area contributed by atoms with E-state index in [9.17, 15) is 0 Å². The summed E-state index contributed by atoms with van der Waals surface area (Å²) in [7, 11) is 1.96. The minimum Gasteiger partial charge on any atom is -0.307 e. The molecule has 3 rings (SSSR count). The Kier molecular flexibility index (Phi) is 4.85. The van der Waals surface area contributed by atoms with Crippen molar-refractivity contribution in [3.05, 3.63) is 108 Å². The molecular formula is C21H21NS. The van der Waals surface area contributed by atoms with Crippen LogP contribution in [-0.4, -0.2) is 12.4 Å². The van der Waals surface area contributed by atoms with Crippen LogP contribution in [0.5, 0.6) is 0 Å². The number of thiol groups is 1. The number of likely N-dealkylation sites (N-methyl/N-ethyl adjacent to an activating group) is 1. The van der Waals surface area contributed by atoms with Gasteiger partial charge in [-0.1, -0.05) is 91.0 Å². The molecule has 0 saturated carbocycles. The fourth-order valence-corrected chi connectivity index (χ4v) is 3.74. The van der Waals surface area contributed by atoms with Crippen molar-refractivity contribution in [3.63, 3.8) is 0 Å². The fourth-order valence-electron chi connectivity index (χ4n) is 3.29. The van der Waals surface area contributed by atoms with Crippen LogP contribution in [0.3, 0.4) is 0 Å². The lowest BCUT2D eigenvalue weighted by Gasteiger charge is -2.40. The van der Waals surface area contributed by atoms with Gasteiger partial charge in [-0.3, -0.25) is 0 Å². The molecule has 0 heterocycles. The monoisotopic (exact) mass is 319 g/mol. The molecule has 1 unspecified atom stereocenters. The Morgan fingerprint density at radius 1 is 0.652 bits per heavy atom. The Bertz CT molecular complexity index is 629. The largest absolute Gasteiger partial charge is 0.307 e. The first-order chi connectivity index (χ1) is 11.3. The Labute approximate surface area is 143 Å². The van der Waals surface area contributed by atoms with E-state index in [2.05, 4.69) is 96.3 Å². The van der Waals surface area contributed by atoms with E-state index in [-0.39, 0.29) is 10.8 Å². The van der Waals surface area contributed by atoms with E-state index in [4.69, 9.17) is 12.6 Å². The lowest BCUT2D eigenvalue weighted by atomic mass is 9.69.